The molecule has 0 fully saturated rings. The van der Waals surface area contributed by atoms with Crippen LogP contribution in [-0.4, -0.2) is 29.6 Å². The Labute approximate surface area is 147 Å². The van der Waals surface area contributed by atoms with Crippen LogP contribution in [0.1, 0.15) is 30.5 Å². The van der Waals surface area contributed by atoms with Gasteiger partial charge in [-0.15, -0.1) is 5.10 Å². The van der Waals surface area contributed by atoms with Crippen LogP contribution in [0.15, 0.2) is 53.6 Å². The molecule has 2 aromatic rings. The highest BCUT2D eigenvalue weighted by atomic mass is 16.6. The standard InChI is InChI=1S/C20H22N2O3/c1-14-5-9-17(10-6-14)19-21-22(15(2)23)20(3,25-19)13-16-7-11-18(24-4)12-8-16/h5-12H,13H2,1-4H3/t20-/m1/s1. The highest BCUT2D eigenvalue weighted by Gasteiger charge is 2.43. The zero-order valence-electron chi connectivity index (χ0n) is 14.9. The first-order chi connectivity index (χ1) is 11.9. The quantitative estimate of drug-likeness (QED) is 0.857. The smallest absolute Gasteiger partial charge is 0.243 e. The number of ether oxygens (including phenoxy) is 2. The lowest BCUT2D eigenvalue weighted by molar-refractivity contribution is -0.144. The summed E-state index contributed by atoms with van der Waals surface area (Å²) in [7, 11) is 1.63. The van der Waals surface area contributed by atoms with E-state index in [0.29, 0.717) is 12.3 Å². The van der Waals surface area contributed by atoms with Crippen LogP contribution in [0.3, 0.4) is 0 Å². The summed E-state index contributed by atoms with van der Waals surface area (Å²) in [6, 6.07) is 15.6. The summed E-state index contributed by atoms with van der Waals surface area (Å²) < 4.78 is 11.3. The molecule has 0 radical (unpaired) electrons. The molecule has 3 rings (SSSR count). The first-order valence-corrected chi connectivity index (χ1v) is 8.20. The number of hydrogen-bond donors (Lipinski definition) is 0. The molecule has 130 valence electrons. The van der Waals surface area contributed by atoms with Crippen molar-refractivity contribution >= 4 is 11.8 Å². The maximum absolute atomic E-state index is 12.1. The van der Waals surface area contributed by atoms with Crippen molar-refractivity contribution < 1.29 is 14.3 Å². The van der Waals surface area contributed by atoms with Crippen LogP contribution < -0.4 is 4.74 Å². The second kappa shape index (κ2) is 6.59. The van der Waals surface area contributed by atoms with Crippen LogP contribution in [0, 0.1) is 6.92 Å². The normalized spacial score (nSPS) is 19.4. The van der Waals surface area contributed by atoms with Gasteiger partial charge in [-0.3, -0.25) is 4.79 Å². The number of amides is 1. The summed E-state index contributed by atoms with van der Waals surface area (Å²) in [4.78, 5) is 12.1. The van der Waals surface area contributed by atoms with Crippen LogP contribution in [0.25, 0.3) is 0 Å². The second-order valence-electron chi connectivity index (χ2n) is 6.40. The first-order valence-electron chi connectivity index (χ1n) is 8.20. The van der Waals surface area contributed by atoms with Gasteiger partial charge in [0.25, 0.3) is 0 Å². The molecule has 0 aromatic heterocycles. The number of aryl methyl sites for hydroxylation is 1. The predicted octanol–water partition coefficient (Wildman–Crippen LogP) is 3.50. The molecule has 1 aliphatic rings. The van der Waals surface area contributed by atoms with Crippen LogP contribution in [-0.2, 0) is 16.0 Å². The number of carbonyl (C=O) groups excluding carboxylic acids is 1. The lowest BCUT2D eigenvalue weighted by Gasteiger charge is -2.30. The molecule has 1 atom stereocenters. The molecular formula is C20H22N2O3. The van der Waals surface area contributed by atoms with Gasteiger partial charge in [-0.05, 0) is 43.7 Å². The second-order valence-corrected chi connectivity index (χ2v) is 6.40. The number of hydrazone groups is 1. The lowest BCUT2D eigenvalue weighted by atomic mass is 10.0. The lowest BCUT2D eigenvalue weighted by Crippen LogP contribution is -2.45. The predicted molar refractivity (Wildman–Crippen MR) is 96.4 cm³/mol. The molecule has 0 saturated carbocycles. The van der Waals surface area contributed by atoms with Gasteiger partial charge in [-0.1, -0.05) is 29.8 Å². The van der Waals surface area contributed by atoms with E-state index in [2.05, 4.69) is 5.10 Å². The summed E-state index contributed by atoms with van der Waals surface area (Å²) in [5.41, 5.74) is 2.19. The monoisotopic (exact) mass is 338 g/mol. The Kier molecular flexibility index (Phi) is 4.49. The van der Waals surface area contributed by atoms with E-state index in [1.54, 1.807) is 7.11 Å². The highest BCUT2D eigenvalue weighted by Crippen LogP contribution is 2.31. The minimum Gasteiger partial charge on any atom is -0.497 e. The van der Waals surface area contributed by atoms with Crippen molar-refractivity contribution in [3.05, 3.63) is 65.2 Å². The van der Waals surface area contributed by atoms with Crippen LogP contribution >= 0.6 is 0 Å². The SMILES string of the molecule is COc1ccc(C[C@@]2(C)OC(c3ccc(C)cc3)=NN2C(C)=O)cc1. The molecule has 2 aromatic carbocycles. The number of nitrogens with zero attached hydrogens (tertiary/aromatic N) is 2. The van der Waals surface area contributed by atoms with Crippen molar-refractivity contribution in [2.45, 2.75) is 32.9 Å². The molecule has 1 amide bonds. The number of benzene rings is 2. The molecule has 0 N–H and O–H groups in total. The van der Waals surface area contributed by atoms with E-state index in [0.717, 1.165) is 22.4 Å². The molecule has 1 heterocycles. The third kappa shape index (κ3) is 3.50. The number of rotatable bonds is 4. The Balaban J connectivity index is 1.86. The average molecular weight is 338 g/mol. The fourth-order valence-electron chi connectivity index (χ4n) is 2.92. The topological polar surface area (TPSA) is 51.1 Å². The fraction of sp³-hybridized carbons (Fsp3) is 0.300. The summed E-state index contributed by atoms with van der Waals surface area (Å²) in [6.07, 6.45) is 0.523. The van der Waals surface area contributed by atoms with Gasteiger partial charge in [-0.2, -0.15) is 5.01 Å². The molecule has 0 spiro atoms. The van der Waals surface area contributed by atoms with Gasteiger partial charge in [0.2, 0.25) is 17.5 Å². The fourth-order valence-corrected chi connectivity index (χ4v) is 2.92. The van der Waals surface area contributed by atoms with E-state index in [1.807, 2.05) is 62.4 Å². The van der Waals surface area contributed by atoms with Crippen molar-refractivity contribution in [2.24, 2.45) is 5.10 Å². The number of carbonyl (C=O) groups is 1. The molecule has 0 aliphatic carbocycles. The van der Waals surface area contributed by atoms with E-state index >= 15 is 0 Å². The van der Waals surface area contributed by atoms with Crippen molar-refractivity contribution in [2.75, 3.05) is 7.11 Å². The van der Waals surface area contributed by atoms with E-state index in [4.69, 9.17) is 9.47 Å². The van der Waals surface area contributed by atoms with E-state index in [1.165, 1.54) is 11.9 Å². The average Bonchev–Trinajstić information content (AvgIpc) is 2.94. The Morgan fingerprint density at radius 3 is 2.36 bits per heavy atom. The largest absolute Gasteiger partial charge is 0.497 e. The van der Waals surface area contributed by atoms with Crippen molar-refractivity contribution in [1.82, 2.24) is 5.01 Å². The molecule has 0 unspecified atom stereocenters. The number of hydrogen-bond acceptors (Lipinski definition) is 4. The van der Waals surface area contributed by atoms with Crippen molar-refractivity contribution in [3.8, 4) is 5.75 Å². The van der Waals surface area contributed by atoms with Crippen LogP contribution in [0.4, 0.5) is 0 Å². The zero-order valence-corrected chi connectivity index (χ0v) is 14.9. The number of methoxy groups -OCH3 is 1. The molecule has 5 nitrogen and oxygen atoms in total. The van der Waals surface area contributed by atoms with Gasteiger partial charge < -0.3 is 9.47 Å². The Morgan fingerprint density at radius 1 is 1.16 bits per heavy atom. The van der Waals surface area contributed by atoms with E-state index < -0.39 is 5.72 Å². The van der Waals surface area contributed by atoms with Gasteiger partial charge in [0, 0.05) is 18.9 Å². The molecule has 0 saturated heterocycles. The highest BCUT2D eigenvalue weighted by molar-refractivity contribution is 5.96. The van der Waals surface area contributed by atoms with E-state index in [9.17, 15) is 4.79 Å². The van der Waals surface area contributed by atoms with Gasteiger partial charge in [0.05, 0.1) is 7.11 Å². The van der Waals surface area contributed by atoms with Crippen LogP contribution in [0.2, 0.25) is 0 Å². The summed E-state index contributed by atoms with van der Waals surface area (Å²) in [6.45, 7) is 5.40. The zero-order chi connectivity index (χ0) is 18.0. The van der Waals surface area contributed by atoms with Gasteiger partial charge >= 0.3 is 0 Å². The first kappa shape index (κ1) is 17.0. The molecule has 0 bridgehead atoms. The molecular weight excluding hydrogens is 316 g/mol. The van der Waals surface area contributed by atoms with Crippen molar-refractivity contribution in [1.29, 1.82) is 0 Å². The Morgan fingerprint density at radius 2 is 1.80 bits per heavy atom. The summed E-state index contributed by atoms with van der Waals surface area (Å²) >= 11 is 0. The third-order valence-electron chi connectivity index (χ3n) is 4.24. The van der Waals surface area contributed by atoms with Crippen molar-refractivity contribution in [3.63, 3.8) is 0 Å². The Hall–Kier alpha value is -2.82. The minimum absolute atomic E-state index is 0.155. The van der Waals surface area contributed by atoms with E-state index in [-0.39, 0.29) is 5.91 Å². The minimum atomic E-state index is -0.860. The van der Waals surface area contributed by atoms with Gasteiger partial charge in [-0.25, -0.2) is 0 Å². The molecule has 25 heavy (non-hydrogen) atoms. The summed E-state index contributed by atoms with van der Waals surface area (Å²) in [5.74, 6) is 1.10. The maximum atomic E-state index is 12.1. The van der Waals surface area contributed by atoms with Gasteiger partial charge in [0.15, 0.2) is 0 Å². The maximum Gasteiger partial charge on any atom is 0.243 e. The third-order valence-corrected chi connectivity index (χ3v) is 4.24. The Bertz CT molecular complexity index is 797. The molecule has 5 heteroatoms. The molecule has 1 aliphatic heterocycles. The van der Waals surface area contributed by atoms with Gasteiger partial charge in [0.1, 0.15) is 5.75 Å². The summed E-state index contributed by atoms with van der Waals surface area (Å²) in [5, 5.41) is 5.85. The van der Waals surface area contributed by atoms with Crippen LogP contribution in [0.5, 0.6) is 5.75 Å².